The van der Waals surface area contributed by atoms with Crippen molar-refractivity contribution in [2.24, 2.45) is 0 Å². The quantitative estimate of drug-likeness (QED) is 0.455. The van der Waals surface area contributed by atoms with Gasteiger partial charge in [-0.3, -0.25) is 4.79 Å². The number of hydrogen-bond acceptors (Lipinski definition) is 4. The summed E-state index contributed by atoms with van der Waals surface area (Å²) in [5.41, 5.74) is 2.89. The van der Waals surface area contributed by atoms with E-state index in [9.17, 15) is 9.59 Å². The van der Waals surface area contributed by atoms with Crippen molar-refractivity contribution in [2.45, 2.75) is 20.3 Å². The summed E-state index contributed by atoms with van der Waals surface area (Å²) in [7, 11) is 1.33. The second-order valence-corrected chi connectivity index (χ2v) is 3.74. The molecule has 1 aromatic carbocycles. The summed E-state index contributed by atoms with van der Waals surface area (Å²) in [5, 5.41) is 0. The topological polar surface area (TPSA) is 52.6 Å². The minimum absolute atomic E-state index is 0.398. The van der Waals surface area contributed by atoms with Crippen LogP contribution in [0.2, 0.25) is 0 Å². The standard InChI is InChI=1S/C14H16O4/c1-4-11-8-12(18-9-15)7-10(2)13(11)5-6-14(16)17-3/h5-9H,4H2,1-3H3. The Kier molecular flexibility index (Phi) is 5.11. The Hall–Kier alpha value is -2.10. The van der Waals surface area contributed by atoms with E-state index in [0.29, 0.717) is 12.2 Å². The molecule has 0 aromatic heterocycles. The van der Waals surface area contributed by atoms with Crippen LogP contribution in [0.4, 0.5) is 0 Å². The van der Waals surface area contributed by atoms with Crippen molar-refractivity contribution in [2.75, 3.05) is 7.11 Å². The third kappa shape index (κ3) is 3.45. The maximum atomic E-state index is 11.1. The fourth-order valence-electron chi connectivity index (χ4n) is 1.71. The molecule has 18 heavy (non-hydrogen) atoms. The first-order valence-electron chi connectivity index (χ1n) is 5.62. The lowest BCUT2D eigenvalue weighted by Gasteiger charge is -2.10. The van der Waals surface area contributed by atoms with Gasteiger partial charge in [0, 0.05) is 6.08 Å². The van der Waals surface area contributed by atoms with Crippen LogP contribution in [-0.2, 0) is 20.7 Å². The lowest BCUT2D eigenvalue weighted by molar-refractivity contribution is -0.134. The van der Waals surface area contributed by atoms with E-state index in [2.05, 4.69) is 4.74 Å². The smallest absolute Gasteiger partial charge is 0.330 e. The molecule has 4 nitrogen and oxygen atoms in total. The van der Waals surface area contributed by atoms with Crippen molar-refractivity contribution >= 4 is 18.5 Å². The van der Waals surface area contributed by atoms with E-state index in [1.807, 2.05) is 13.8 Å². The molecule has 0 bridgehead atoms. The van der Waals surface area contributed by atoms with Gasteiger partial charge in [-0.1, -0.05) is 6.92 Å². The number of rotatable bonds is 5. The van der Waals surface area contributed by atoms with Gasteiger partial charge in [-0.25, -0.2) is 4.79 Å². The SMILES string of the molecule is CCc1cc(OC=O)cc(C)c1C=CC(=O)OC. The first kappa shape index (κ1) is 14.0. The number of aryl methyl sites for hydroxylation is 2. The molecule has 0 amide bonds. The van der Waals surface area contributed by atoms with Crippen LogP contribution in [0.25, 0.3) is 6.08 Å². The first-order valence-corrected chi connectivity index (χ1v) is 5.62. The zero-order valence-electron chi connectivity index (χ0n) is 10.7. The van der Waals surface area contributed by atoms with Crippen LogP contribution in [0, 0.1) is 6.92 Å². The fourth-order valence-corrected chi connectivity index (χ4v) is 1.71. The Morgan fingerprint density at radius 1 is 1.39 bits per heavy atom. The molecule has 4 heteroatoms. The van der Waals surface area contributed by atoms with Crippen molar-refractivity contribution in [1.82, 2.24) is 0 Å². The van der Waals surface area contributed by atoms with E-state index in [-0.39, 0.29) is 0 Å². The summed E-state index contributed by atoms with van der Waals surface area (Å²) in [4.78, 5) is 21.4. The monoisotopic (exact) mass is 248 g/mol. The minimum Gasteiger partial charge on any atom is -0.466 e. The Balaban J connectivity index is 3.14. The predicted octanol–water partition coefficient (Wildman–Crippen LogP) is 2.28. The average Bonchev–Trinajstić information content (AvgIpc) is 2.36. The highest BCUT2D eigenvalue weighted by Gasteiger charge is 2.06. The molecule has 0 aliphatic carbocycles. The number of hydrogen-bond donors (Lipinski definition) is 0. The number of benzene rings is 1. The molecule has 0 spiro atoms. The van der Waals surface area contributed by atoms with Gasteiger partial charge in [0.15, 0.2) is 0 Å². The van der Waals surface area contributed by atoms with Gasteiger partial charge in [0.2, 0.25) is 0 Å². The Bertz CT molecular complexity index is 475. The van der Waals surface area contributed by atoms with Crippen molar-refractivity contribution in [3.05, 3.63) is 34.9 Å². The molecule has 0 unspecified atom stereocenters. The van der Waals surface area contributed by atoms with E-state index in [0.717, 1.165) is 23.1 Å². The van der Waals surface area contributed by atoms with Gasteiger partial charge in [0.25, 0.3) is 6.47 Å². The number of esters is 1. The van der Waals surface area contributed by atoms with Crippen molar-refractivity contribution in [3.63, 3.8) is 0 Å². The molecule has 0 aliphatic rings. The fraction of sp³-hybridized carbons (Fsp3) is 0.286. The van der Waals surface area contributed by atoms with E-state index < -0.39 is 5.97 Å². The molecule has 96 valence electrons. The predicted molar refractivity (Wildman–Crippen MR) is 68.3 cm³/mol. The second kappa shape index (κ2) is 6.59. The zero-order chi connectivity index (χ0) is 13.5. The highest BCUT2D eigenvalue weighted by atomic mass is 16.5. The zero-order valence-corrected chi connectivity index (χ0v) is 10.7. The number of ether oxygens (including phenoxy) is 2. The van der Waals surface area contributed by atoms with Crippen molar-refractivity contribution < 1.29 is 19.1 Å². The molecule has 0 saturated heterocycles. The molecule has 0 saturated carbocycles. The third-order valence-electron chi connectivity index (χ3n) is 2.60. The van der Waals surface area contributed by atoms with Gasteiger partial charge >= 0.3 is 5.97 Å². The van der Waals surface area contributed by atoms with Gasteiger partial charge in [0.05, 0.1) is 7.11 Å². The van der Waals surface area contributed by atoms with Crippen LogP contribution in [0.15, 0.2) is 18.2 Å². The van der Waals surface area contributed by atoms with E-state index in [1.54, 1.807) is 18.2 Å². The number of carbonyl (C=O) groups is 2. The maximum absolute atomic E-state index is 11.1. The molecule has 0 N–H and O–H groups in total. The average molecular weight is 248 g/mol. The highest BCUT2D eigenvalue weighted by Crippen LogP contribution is 2.24. The van der Waals surface area contributed by atoms with Gasteiger partial charge in [-0.15, -0.1) is 0 Å². The number of carbonyl (C=O) groups excluding carboxylic acids is 2. The van der Waals surface area contributed by atoms with E-state index in [4.69, 9.17) is 4.74 Å². The molecular weight excluding hydrogens is 232 g/mol. The minimum atomic E-state index is -0.398. The Labute approximate surface area is 106 Å². The van der Waals surface area contributed by atoms with Crippen LogP contribution < -0.4 is 4.74 Å². The van der Waals surface area contributed by atoms with Crippen LogP contribution in [0.3, 0.4) is 0 Å². The van der Waals surface area contributed by atoms with E-state index in [1.165, 1.54) is 13.2 Å². The second-order valence-electron chi connectivity index (χ2n) is 3.74. The van der Waals surface area contributed by atoms with Crippen molar-refractivity contribution in [3.8, 4) is 5.75 Å². The summed E-state index contributed by atoms with van der Waals surface area (Å²) >= 11 is 0. The molecular formula is C14H16O4. The molecule has 0 heterocycles. The highest BCUT2D eigenvalue weighted by molar-refractivity contribution is 5.87. The van der Waals surface area contributed by atoms with Crippen LogP contribution >= 0.6 is 0 Å². The maximum Gasteiger partial charge on any atom is 0.330 e. The Morgan fingerprint density at radius 3 is 2.67 bits per heavy atom. The summed E-state index contributed by atoms with van der Waals surface area (Å²) in [6.07, 6.45) is 3.87. The molecule has 1 rings (SSSR count). The molecule has 0 atom stereocenters. The first-order chi connectivity index (χ1) is 8.62. The lowest BCUT2D eigenvalue weighted by Crippen LogP contribution is -1.97. The van der Waals surface area contributed by atoms with Crippen molar-refractivity contribution in [1.29, 1.82) is 0 Å². The molecule has 0 fully saturated rings. The van der Waals surface area contributed by atoms with Crippen LogP contribution in [-0.4, -0.2) is 19.6 Å². The van der Waals surface area contributed by atoms with Gasteiger partial charge in [0.1, 0.15) is 5.75 Å². The van der Waals surface area contributed by atoms with E-state index >= 15 is 0 Å². The number of methoxy groups -OCH3 is 1. The summed E-state index contributed by atoms with van der Waals surface area (Å²) < 4.78 is 9.39. The van der Waals surface area contributed by atoms with Crippen LogP contribution in [0.1, 0.15) is 23.6 Å². The van der Waals surface area contributed by atoms with Gasteiger partial charge < -0.3 is 9.47 Å². The molecule has 0 radical (unpaired) electrons. The summed E-state index contributed by atoms with van der Waals surface area (Å²) in [5.74, 6) is 0.110. The molecule has 0 aliphatic heterocycles. The Morgan fingerprint density at radius 2 is 2.11 bits per heavy atom. The van der Waals surface area contributed by atoms with Crippen LogP contribution in [0.5, 0.6) is 5.75 Å². The lowest BCUT2D eigenvalue weighted by atomic mass is 9.99. The van der Waals surface area contributed by atoms with Gasteiger partial charge in [-0.2, -0.15) is 0 Å². The summed E-state index contributed by atoms with van der Waals surface area (Å²) in [6, 6.07) is 3.54. The summed E-state index contributed by atoms with van der Waals surface area (Å²) in [6.45, 7) is 4.29. The van der Waals surface area contributed by atoms with Gasteiger partial charge in [-0.05, 0) is 48.2 Å². The largest absolute Gasteiger partial charge is 0.466 e. The normalized spacial score (nSPS) is 10.4. The third-order valence-corrected chi connectivity index (χ3v) is 2.60. The molecule has 1 aromatic rings.